The number of benzene rings is 2. The van der Waals surface area contributed by atoms with Crippen molar-refractivity contribution in [1.82, 2.24) is 5.43 Å². The molecule has 1 heterocycles. The molecule has 0 fully saturated rings. The SMILES string of the molecule is O=C(COc1ccccc1)N/N=C/c1sc2ccccc2c1O. The summed E-state index contributed by atoms with van der Waals surface area (Å²) in [6, 6.07) is 16.6. The van der Waals surface area contributed by atoms with E-state index < -0.39 is 0 Å². The highest BCUT2D eigenvalue weighted by molar-refractivity contribution is 7.21. The second-order valence-corrected chi connectivity index (χ2v) is 5.79. The molecule has 3 rings (SSSR count). The summed E-state index contributed by atoms with van der Waals surface area (Å²) in [7, 11) is 0. The number of hydrogen-bond donors (Lipinski definition) is 2. The highest BCUT2D eigenvalue weighted by atomic mass is 32.1. The van der Waals surface area contributed by atoms with Gasteiger partial charge in [0.05, 0.1) is 11.1 Å². The lowest BCUT2D eigenvalue weighted by Gasteiger charge is -2.03. The van der Waals surface area contributed by atoms with E-state index in [0.29, 0.717) is 10.6 Å². The van der Waals surface area contributed by atoms with Gasteiger partial charge in [-0.3, -0.25) is 4.79 Å². The van der Waals surface area contributed by atoms with Crippen molar-refractivity contribution in [1.29, 1.82) is 0 Å². The number of thiophene rings is 1. The number of ether oxygens (including phenoxy) is 1. The Hall–Kier alpha value is -2.86. The molecule has 5 nitrogen and oxygen atoms in total. The minimum absolute atomic E-state index is 0.125. The smallest absolute Gasteiger partial charge is 0.277 e. The molecule has 23 heavy (non-hydrogen) atoms. The molecular weight excluding hydrogens is 312 g/mol. The van der Waals surface area contributed by atoms with Gasteiger partial charge in [0, 0.05) is 10.1 Å². The molecule has 0 aliphatic heterocycles. The van der Waals surface area contributed by atoms with E-state index in [0.717, 1.165) is 10.1 Å². The molecule has 0 saturated heterocycles. The summed E-state index contributed by atoms with van der Waals surface area (Å²) in [4.78, 5) is 12.2. The van der Waals surface area contributed by atoms with Crippen LogP contribution in [-0.4, -0.2) is 23.8 Å². The molecule has 116 valence electrons. The summed E-state index contributed by atoms with van der Waals surface area (Å²) in [5.41, 5.74) is 2.37. The molecule has 0 saturated carbocycles. The highest BCUT2D eigenvalue weighted by Gasteiger charge is 2.08. The number of hydrazone groups is 1. The van der Waals surface area contributed by atoms with E-state index in [2.05, 4.69) is 10.5 Å². The number of rotatable bonds is 5. The predicted molar refractivity (Wildman–Crippen MR) is 91.2 cm³/mol. The minimum Gasteiger partial charge on any atom is -0.506 e. The summed E-state index contributed by atoms with van der Waals surface area (Å²) < 4.78 is 6.27. The largest absolute Gasteiger partial charge is 0.506 e. The molecule has 0 bridgehead atoms. The van der Waals surface area contributed by atoms with Crippen LogP contribution in [0.25, 0.3) is 10.1 Å². The number of carbonyl (C=O) groups is 1. The average Bonchev–Trinajstić information content (AvgIpc) is 2.91. The number of fused-ring (bicyclic) bond motifs is 1. The topological polar surface area (TPSA) is 70.9 Å². The lowest BCUT2D eigenvalue weighted by molar-refractivity contribution is -0.123. The first-order chi connectivity index (χ1) is 11.2. The number of para-hydroxylation sites is 1. The number of aromatic hydroxyl groups is 1. The zero-order valence-electron chi connectivity index (χ0n) is 12.1. The van der Waals surface area contributed by atoms with Gasteiger partial charge in [-0.15, -0.1) is 11.3 Å². The molecule has 2 aromatic carbocycles. The Morgan fingerprint density at radius 1 is 1.17 bits per heavy atom. The summed E-state index contributed by atoms with van der Waals surface area (Å²) in [5, 5.41) is 14.7. The van der Waals surface area contributed by atoms with Crippen molar-refractivity contribution in [3.05, 3.63) is 59.5 Å². The van der Waals surface area contributed by atoms with Gasteiger partial charge < -0.3 is 9.84 Å². The normalized spacial score (nSPS) is 11.0. The Morgan fingerprint density at radius 2 is 1.91 bits per heavy atom. The first-order valence-electron chi connectivity index (χ1n) is 6.94. The van der Waals surface area contributed by atoms with Gasteiger partial charge >= 0.3 is 0 Å². The third-order valence-corrected chi connectivity index (χ3v) is 4.17. The van der Waals surface area contributed by atoms with Gasteiger partial charge in [0.1, 0.15) is 11.5 Å². The van der Waals surface area contributed by atoms with E-state index in [-0.39, 0.29) is 18.3 Å². The van der Waals surface area contributed by atoms with Crippen LogP contribution in [0, 0.1) is 0 Å². The first-order valence-corrected chi connectivity index (χ1v) is 7.76. The third kappa shape index (κ3) is 3.67. The van der Waals surface area contributed by atoms with E-state index in [1.165, 1.54) is 17.6 Å². The second-order valence-electron chi connectivity index (χ2n) is 4.71. The molecule has 0 radical (unpaired) electrons. The van der Waals surface area contributed by atoms with Gasteiger partial charge in [0.15, 0.2) is 6.61 Å². The average molecular weight is 326 g/mol. The van der Waals surface area contributed by atoms with Crippen LogP contribution < -0.4 is 10.2 Å². The molecule has 1 amide bonds. The Kier molecular flexibility index (Phi) is 4.54. The fourth-order valence-electron chi connectivity index (χ4n) is 2.00. The zero-order valence-corrected chi connectivity index (χ0v) is 12.9. The second kappa shape index (κ2) is 6.93. The predicted octanol–water partition coefficient (Wildman–Crippen LogP) is 3.14. The quantitative estimate of drug-likeness (QED) is 0.559. The van der Waals surface area contributed by atoms with Crippen LogP contribution in [0.4, 0.5) is 0 Å². The fourth-order valence-corrected chi connectivity index (χ4v) is 2.97. The molecule has 6 heteroatoms. The standard InChI is InChI=1S/C17H14N2O3S/c20-16(11-22-12-6-2-1-3-7-12)19-18-10-15-17(21)13-8-4-5-9-14(13)23-15/h1-10,21H,11H2,(H,19,20)/b18-10+. The molecule has 0 unspecified atom stereocenters. The molecule has 2 N–H and O–H groups in total. The number of hydrogen-bond acceptors (Lipinski definition) is 5. The molecule has 1 aromatic heterocycles. The number of amides is 1. The Morgan fingerprint density at radius 3 is 2.70 bits per heavy atom. The third-order valence-electron chi connectivity index (χ3n) is 3.08. The van der Waals surface area contributed by atoms with Gasteiger partial charge in [0.2, 0.25) is 0 Å². The van der Waals surface area contributed by atoms with Crippen molar-refractivity contribution < 1.29 is 14.6 Å². The first kappa shape index (κ1) is 15.1. The van der Waals surface area contributed by atoms with E-state index in [1.807, 2.05) is 42.5 Å². The summed E-state index contributed by atoms with van der Waals surface area (Å²) in [6.07, 6.45) is 1.43. The monoisotopic (exact) mass is 326 g/mol. The van der Waals surface area contributed by atoms with Crippen LogP contribution in [0.3, 0.4) is 0 Å². The van der Waals surface area contributed by atoms with E-state index in [1.54, 1.807) is 12.1 Å². The van der Waals surface area contributed by atoms with Crippen LogP contribution in [0.2, 0.25) is 0 Å². The van der Waals surface area contributed by atoms with Crippen LogP contribution in [0.1, 0.15) is 4.88 Å². The summed E-state index contributed by atoms with van der Waals surface area (Å²) >= 11 is 1.40. The summed E-state index contributed by atoms with van der Waals surface area (Å²) in [6.45, 7) is -0.125. The van der Waals surface area contributed by atoms with Gasteiger partial charge in [-0.25, -0.2) is 5.43 Å². The van der Waals surface area contributed by atoms with Crippen molar-refractivity contribution in [3.63, 3.8) is 0 Å². The van der Waals surface area contributed by atoms with Crippen LogP contribution in [0.15, 0.2) is 59.7 Å². The molecule has 0 aliphatic carbocycles. The Labute approximate surface area is 136 Å². The minimum atomic E-state index is -0.370. The van der Waals surface area contributed by atoms with Gasteiger partial charge in [-0.05, 0) is 24.3 Å². The highest BCUT2D eigenvalue weighted by Crippen LogP contribution is 2.35. The van der Waals surface area contributed by atoms with Crippen LogP contribution >= 0.6 is 11.3 Å². The maximum Gasteiger partial charge on any atom is 0.277 e. The number of nitrogens with zero attached hydrogens (tertiary/aromatic N) is 1. The van der Waals surface area contributed by atoms with Gasteiger partial charge in [-0.1, -0.05) is 30.3 Å². The molecular formula is C17H14N2O3S. The van der Waals surface area contributed by atoms with Crippen molar-refractivity contribution in [2.24, 2.45) is 5.10 Å². The van der Waals surface area contributed by atoms with Crippen molar-refractivity contribution in [2.75, 3.05) is 6.61 Å². The van der Waals surface area contributed by atoms with Gasteiger partial charge in [-0.2, -0.15) is 5.10 Å². The zero-order chi connectivity index (χ0) is 16.1. The molecule has 0 spiro atoms. The summed E-state index contributed by atoms with van der Waals surface area (Å²) in [5.74, 6) is 0.420. The lowest BCUT2D eigenvalue weighted by Crippen LogP contribution is -2.24. The van der Waals surface area contributed by atoms with E-state index in [4.69, 9.17) is 4.74 Å². The van der Waals surface area contributed by atoms with E-state index in [9.17, 15) is 9.90 Å². The maximum absolute atomic E-state index is 11.7. The molecule has 0 aliphatic rings. The Balaban J connectivity index is 1.57. The lowest BCUT2D eigenvalue weighted by atomic mass is 10.2. The van der Waals surface area contributed by atoms with Gasteiger partial charge in [0.25, 0.3) is 5.91 Å². The van der Waals surface area contributed by atoms with Crippen molar-refractivity contribution in [2.45, 2.75) is 0 Å². The van der Waals surface area contributed by atoms with Crippen molar-refractivity contribution >= 4 is 33.5 Å². The molecule has 0 atom stereocenters. The van der Waals surface area contributed by atoms with Crippen LogP contribution in [-0.2, 0) is 4.79 Å². The van der Waals surface area contributed by atoms with Crippen molar-refractivity contribution in [3.8, 4) is 11.5 Å². The molecule has 3 aromatic rings. The van der Waals surface area contributed by atoms with Crippen LogP contribution in [0.5, 0.6) is 11.5 Å². The number of carbonyl (C=O) groups excluding carboxylic acids is 1. The Bertz CT molecular complexity index is 843. The number of nitrogens with one attached hydrogen (secondary N) is 1. The van der Waals surface area contributed by atoms with E-state index >= 15 is 0 Å². The fraction of sp³-hybridized carbons (Fsp3) is 0.0588. The maximum atomic E-state index is 11.7.